The minimum atomic E-state index is -0.451. The van der Waals surface area contributed by atoms with E-state index in [4.69, 9.17) is 0 Å². The van der Waals surface area contributed by atoms with Crippen LogP contribution in [0, 0.1) is 5.92 Å². The summed E-state index contributed by atoms with van der Waals surface area (Å²) in [7, 11) is 0. The van der Waals surface area contributed by atoms with Crippen LogP contribution in [0.1, 0.15) is 53.9 Å². The summed E-state index contributed by atoms with van der Waals surface area (Å²) in [4.78, 5) is 13.8. The molecular weight excluding hydrogens is 202 g/mol. The van der Waals surface area contributed by atoms with Crippen LogP contribution in [-0.4, -0.2) is 34.6 Å². The zero-order valence-corrected chi connectivity index (χ0v) is 11.4. The molecule has 0 saturated carbocycles. The second-order valence-corrected chi connectivity index (χ2v) is 5.09. The number of aliphatic hydroxyl groups is 1. The van der Waals surface area contributed by atoms with E-state index in [9.17, 15) is 9.90 Å². The van der Waals surface area contributed by atoms with Gasteiger partial charge in [-0.3, -0.25) is 4.79 Å². The Balaban J connectivity index is 4.27. The van der Waals surface area contributed by atoms with E-state index >= 15 is 0 Å². The molecule has 0 aliphatic heterocycles. The van der Waals surface area contributed by atoms with Gasteiger partial charge in [-0.2, -0.15) is 0 Å². The summed E-state index contributed by atoms with van der Waals surface area (Å²) in [6, 6.07) is 0.163. The molecule has 2 atom stereocenters. The van der Waals surface area contributed by atoms with Crippen molar-refractivity contribution in [2.24, 2.45) is 5.92 Å². The topological polar surface area (TPSA) is 40.5 Å². The van der Waals surface area contributed by atoms with E-state index in [1.54, 1.807) is 11.8 Å². The number of amides is 1. The number of carbonyl (C=O) groups excluding carboxylic acids is 1. The van der Waals surface area contributed by atoms with Crippen LogP contribution in [0.2, 0.25) is 0 Å². The first-order valence-electron chi connectivity index (χ1n) is 6.36. The monoisotopic (exact) mass is 229 g/mol. The van der Waals surface area contributed by atoms with E-state index in [2.05, 4.69) is 13.8 Å². The van der Waals surface area contributed by atoms with Crippen LogP contribution in [0.3, 0.4) is 0 Å². The molecule has 1 N–H and O–H groups in total. The van der Waals surface area contributed by atoms with Crippen molar-refractivity contribution in [1.29, 1.82) is 0 Å². The number of hydrogen-bond donors (Lipinski definition) is 1. The first kappa shape index (κ1) is 15.4. The van der Waals surface area contributed by atoms with E-state index in [-0.39, 0.29) is 11.9 Å². The van der Waals surface area contributed by atoms with Crippen LogP contribution in [0.25, 0.3) is 0 Å². The highest BCUT2D eigenvalue weighted by Crippen LogP contribution is 2.13. The third-order valence-electron chi connectivity index (χ3n) is 2.71. The third kappa shape index (κ3) is 6.11. The zero-order chi connectivity index (χ0) is 12.7. The van der Waals surface area contributed by atoms with Gasteiger partial charge in [-0.1, -0.05) is 26.7 Å². The molecule has 0 bridgehead atoms. The summed E-state index contributed by atoms with van der Waals surface area (Å²) in [5.74, 6) is 0.601. The molecule has 0 saturated heterocycles. The quantitative estimate of drug-likeness (QED) is 0.728. The predicted molar refractivity (Wildman–Crippen MR) is 67.2 cm³/mol. The normalized spacial score (nSPS) is 14.9. The van der Waals surface area contributed by atoms with Gasteiger partial charge >= 0.3 is 0 Å². The van der Waals surface area contributed by atoms with Crippen molar-refractivity contribution in [3.05, 3.63) is 0 Å². The summed E-state index contributed by atoms with van der Waals surface area (Å²) >= 11 is 0. The van der Waals surface area contributed by atoms with Crippen molar-refractivity contribution < 1.29 is 9.90 Å². The van der Waals surface area contributed by atoms with Crippen LogP contribution in [0.5, 0.6) is 0 Å². The SMILES string of the molecule is CCCC(C)CC(=O)N(CC(C)O)C(C)C. The Morgan fingerprint density at radius 1 is 1.25 bits per heavy atom. The molecule has 0 radical (unpaired) electrons. The van der Waals surface area contributed by atoms with Crippen molar-refractivity contribution in [1.82, 2.24) is 4.90 Å². The van der Waals surface area contributed by atoms with Crippen molar-refractivity contribution in [2.45, 2.75) is 66.0 Å². The lowest BCUT2D eigenvalue weighted by molar-refractivity contribution is -0.135. The molecule has 2 unspecified atom stereocenters. The Morgan fingerprint density at radius 2 is 1.81 bits per heavy atom. The van der Waals surface area contributed by atoms with Crippen LogP contribution < -0.4 is 0 Å². The fourth-order valence-corrected chi connectivity index (χ4v) is 1.90. The van der Waals surface area contributed by atoms with Gasteiger partial charge in [0, 0.05) is 19.0 Å². The van der Waals surface area contributed by atoms with Crippen molar-refractivity contribution >= 4 is 5.91 Å². The van der Waals surface area contributed by atoms with Crippen molar-refractivity contribution in [2.75, 3.05) is 6.54 Å². The second-order valence-electron chi connectivity index (χ2n) is 5.09. The fraction of sp³-hybridized carbons (Fsp3) is 0.923. The summed E-state index contributed by atoms with van der Waals surface area (Å²) in [5, 5.41) is 9.36. The predicted octanol–water partition coefficient (Wildman–Crippen LogP) is 2.43. The van der Waals surface area contributed by atoms with Gasteiger partial charge in [0.05, 0.1) is 6.10 Å². The van der Waals surface area contributed by atoms with E-state index in [1.807, 2.05) is 13.8 Å². The largest absolute Gasteiger partial charge is 0.392 e. The maximum atomic E-state index is 12.0. The van der Waals surface area contributed by atoms with E-state index in [0.717, 1.165) is 12.8 Å². The van der Waals surface area contributed by atoms with E-state index in [0.29, 0.717) is 18.9 Å². The van der Waals surface area contributed by atoms with Gasteiger partial charge in [0.15, 0.2) is 0 Å². The number of aliphatic hydroxyl groups excluding tert-OH is 1. The molecule has 0 fully saturated rings. The van der Waals surface area contributed by atoms with Crippen LogP contribution in [-0.2, 0) is 4.79 Å². The minimum Gasteiger partial charge on any atom is -0.392 e. The van der Waals surface area contributed by atoms with Crippen LogP contribution in [0.4, 0.5) is 0 Å². The lowest BCUT2D eigenvalue weighted by Gasteiger charge is -2.29. The van der Waals surface area contributed by atoms with Gasteiger partial charge in [0.25, 0.3) is 0 Å². The third-order valence-corrected chi connectivity index (χ3v) is 2.71. The van der Waals surface area contributed by atoms with Gasteiger partial charge in [-0.15, -0.1) is 0 Å². The number of rotatable bonds is 7. The van der Waals surface area contributed by atoms with E-state index in [1.165, 1.54) is 0 Å². The van der Waals surface area contributed by atoms with Gasteiger partial charge in [0.1, 0.15) is 0 Å². The highest BCUT2D eigenvalue weighted by molar-refractivity contribution is 5.76. The average Bonchev–Trinajstić information content (AvgIpc) is 2.13. The molecule has 3 nitrogen and oxygen atoms in total. The summed E-state index contributed by atoms with van der Waals surface area (Å²) in [6.45, 7) is 10.4. The molecule has 1 amide bonds. The number of hydrogen-bond acceptors (Lipinski definition) is 2. The van der Waals surface area contributed by atoms with Crippen LogP contribution in [0.15, 0.2) is 0 Å². The Labute approximate surface area is 99.8 Å². The van der Waals surface area contributed by atoms with Crippen molar-refractivity contribution in [3.8, 4) is 0 Å². The zero-order valence-electron chi connectivity index (χ0n) is 11.4. The Bertz CT molecular complexity index is 202. The van der Waals surface area contributed by atoms with Crippen LogP contribution >= 0.6 is 0 Å². The first-order valence-corrected chi connectivity index (χ1v) is 6.36. The first-order chi connectivity index (χ1) is 7.38. The highest BCUT2D eigenvalue weighted by atomic mass is 16.3. The molecule has 96 valence electrons. The van der Waals surface area contributed by atoms with E-state index < -0.39 is 6.10 Å². The molecule has 0 aliphatic rings. The lowest BCUT2D eigenvalue weighted by atomic mass is 10.0. The summed E-state index contributed by atoms with van der Waals surface area (Å²) in [5.41, 5.74) is 0. The molecule has 0 spiro atoms. The number of carbonyl (C=O) groups is 1. The maximum absolute atomic E-state index is 12.0. The molecule has 0 rings (SSSR count). The Morgan fingerprint density at radius 3 is 2.19 bits per heavy atom. The van der Waals surface area contributed by atoms with Gasteiger partial charge in [-0.25, -0.2) is 0 Å². The average molecular weight is 229 g/mol. The molecule has 0 heterocycles. The molecule has 0 aliphatic carbocycles. The smallest absolute Gasteiger partial charge is 0.223 e. The Kier molecular flexibility index (Phi) is 7.39. The summed E-state index contributed by atoms with van der Waals surface area (Å²) < 4.78 is 0. The fourth-order valence-electron chi connectivity index (χ4n) is 1.90. The standard InChI is InChI=1S/C13H27NO2/c1-6-7-11(4)8-13(16)14(10(2)3)9-12(5)15/h10-12,15H,6-9H2,1-5H3. The number of nitrogens with zero attached hydrogens (tertiary/aromatic N) is 1. The molecule has 0 aromatic heterocycles. The molecule has 3 heteroatoms. The minimum absolute atomic E-state index is 0.163. The maximum Gasteiger partial charge on any atom is 0.223 e. The van der Waals surface area contributed by atoms with Gasteiger partial charge in [-0.05, 0) is 26.7 Å². The lowest BCUT2D eigenvalue weighted by Crippen LogP contribution is -2.41. The summed E-state index contributed by atoms with van der Waals surface area (Å²) in [6.07, 6.45) is 2.35. The molecular formula is C13H27NO2. The molecule has 0 aromatic carbocycles. The van der Waals surface area contributed by atoms with Gasteiger partial charge < -0.3 is 10.0 Å². The highest BCUT2D eigenvalue weighted by Gasteiger charge is 2.20. The molecule has 0 aromatic rings. The van der Waals surface area contributed by atoms with Gasteiger partial charge in [0.2, 0.25) is 5.91 Å². The molecule has 16 heavy (non-hydrogen) atoms. The van der Waals surface area contributed by atoms with Crippen molar-refractivity contribution in [3.63, 3.8) is 0 Å². The Hall–Kier alpha value is -0.570. The second kappa shape index (κ2) is 7.66.